The largest absolute Gasteiger partial charge is 0.381 e. The van der Waals surface area contributed by atoms with E-state index in [-0.39, 0.29) is 17.8 Å². The van der Waals surface area contributed by atoms with Gasteiger partial charge in [-0.3, -0.25) is 4.79 Å². The number of hydrogen-bond donors (Lipinski definition) is 1. The average Bonchev–Trinajstić information content (AvgIpc) is 3.27. The Morgan fingerprint density at radius 3 is 2.57 bits per heavy atom. The van der Waals surface area contributed by atoms with Gasteiger partial charge in [0.25, 0.3) is 5.91 Å². The molecule has 2 aliphatic rings. The average molecular weight is 384 g/mol. The molecule has 0 radical (unpaired) electrons. The molecule has 1 aromatic carbocycles. The van der Waals surface area contributed by atoms with Crippen LogP contribution in [0.1, 0.15) is 23.3 Å². The number of anilines is 2. The number of hydrogen-bond acceptors (Lipinski definition) is 5. The van der Waals surface area contributed by atoms with Gasteiger partial charge in [0.05, 0.1) is 18.0 Å². The van der Waals surface area contributed by atoms with Crippen LogP contribution in [0.15, 0.2) is 42.6 Å². The summed E-state index contributed by atoms with van der Waals surface area (Å²) in [4.78, 5) is 21.0. The van der Waals surface area contributed by atoms with Crippen molar-refractivity contribution in [1.29, 1.82) is 0 Å². The van der Waals surface area contributed by atoms with E-state index in [4.69, 9.17) is 4.74 Å². The van der Waals surface area contributed by atoms with Gasteiger partial charge in [-0.2, -0.15) is 0 Å². The Kier molecular flexibility index (Phi) is 5.71. The van der Waals surface area contributed by atoms with E-state index in [1.54, 1.807) is 24.4 Å². The molecule has 7 heteroatoms. The molecular weight excluding hydrogens is 359 g/mol. The van der Waals surface area contributed by atoms with Gasteiger partial charge in [0.1, 0.15) is 11.5 Å². The summed E-state index contributed by atoms with van der Waals surface area (Å²) in [5, 5.41) is 3.31. The minimum Gasteiger partial charge on any atom is -0.381 e. The molecule has 0 saturated carbocycles. The Hall–Kier alpha value is -2.67. The Morgan fingerprint density at radius 2 is 1.93 bits per heavy atom. The summed E-state index contributed by atoms with van der Waals surface area (Å²) in [5.41, 5.74) is 2.33. The van der Waals surface area contributed by atoms with Crippen LogP contribution in [0.4, 0.5) is 15.8 Å². The lowest BCUT2D eigenvalue weighted by Gasteiger charge is -2.36. The topological polar surface area (TPSA) is 57.7 Å². The van der Waals surface area contributed by atoms with Crippen LogP contribution in [-0.4, -0.2) is 61.2 Å². The first-order chi connectivity index (χ1) is 13.7. The van der Waals surface area contributed by atoms with Crippen LogP contribution in [0, 0.1) is 5.82 Å². The number of nitrogens with zero attached hydrogens (tertiary/aromatic N) is 3. The maximum Gasteiger partial charge on any atom is 0.272 e. The SMILES string of the molecule is O=C(c1ccc(NCC2CCCO2)cn1)N1CCN(c2ccc(F)cc2)CC1. The van der Waals surface area contributed by atoms with Crippen LogP contribution in [0.25, 0.3) is 0 Å². The van der Waals surface area contributed by atoms with Crippen molar-refractivity contribution >= 4 is 17.3 Å². The molecule has 4 rings (SSSR count). The van der Waals surface area contributed by atoms with Gasteiger partial charge in [0.2, 0.25) is 0 Å². The van der Waals surface area contributed by atoms with Crippen molar-refractivity contribution in [2.45, 2.75) is 18.9 Å². The summed E-state index contributed by atoms with van der Waals surface area (Å²) >= 11 is 0. The number of nitrogens with one attached hydrogen (secondary N) is 1. The van der Waals surface area contributed by atoms with E-state index in [0.29, 0.717) is 18.8 Å². The molecule has 0 aliphatic carbocycles. The van der Waals surface area contributed by atoms with Crippen molar-refractivity contribution in [2.24, 2.45) is 0 Å². The van der Waals surface area contributed by atoms with Gasteiger partial charge < -0.3 is 19.9 Å². The fourth-order valence-corrected chi connectivity index (χ4v) is 3.64. The number of pyridine rings is 1. The van der Waals surface area contributed by atoms with E-state index in [2.05, 4.69) is 15.2 Å². The van der Waals surface area contributed by atoms with Crippen LogP contribution in [0.5, 0.6) is 0 Å². The molecule has 2 fully saturated rings. The van der Waals surface area contributed by atoms with E-state index in [1.165, 1.54) is 12.1 Å². The number of carbonyl (C=O) groups excluding carboxylic acids is 1. The summed E-state index contributed by atoms with van der Waals surface area (Å²) in [6.45, 7) is 4.29. The zero-order valence-electron chi connectivity index (χ0n) is 15.8. The number of benzene rings is 1. The predicted octanol–water partition coefficient (Wildman–Crippen LogP) is 2.77. The van der Waals surface area contributed by atoms with Gasteiger partial charge in [-0.25, -0.2) is 9.37 Å². The third-order valence-corrected chi connectivity index (χ3v) is 5.30. The van der Waals surface area contributed by atoms with Crippen LogP contribution in [-0.2, 0) is 4.74 Å². The molecule has 0 bridgehead atoms. The maximum atomic E-state index is 13.1. The predicted molar refractivity (Wildman–Crippen MR) is 106 cm³/mol. The number of aromatic nitrogens is 1. The fourth-order valence-electron chi connectivity index (χ4n) is 3.64. The first-order valence-corrected chi connectivity index (χ1v) is 9.80. The molecule has 2 aromatic rings. The third-order valence-electron chi connectivity index (χ3n) is 5.30. The van der Waals surface area contributed by atoms with Crippen molar-refractivity contribution in [3.8, 4) is 0 Å². The second-order valence-corrected chi connectivity index (χ2v) is 7.20. The summed E-state index contributed by atoms with van der Waals surface area (Å²) in [6, 6.07) is 10.1. The minimum atomic E-state index is -0.239. The molecular formula is C21H25FN4O2. The number of rotatable bonds is 5. The van der Waals surface area contributed by atoms with E-state index in [0.717, 1.165) is 50.5 Å². The normalized spacial score (nSPS) is 19.7. The Morgan fingerprint density at radius 1 is 1.14 bits per heavy atom. The summed E-state index contributed by atoms with van der Waals surface area (Å²) in [5.74, 6) is -0.290. The third kappa shape index (κ3) is 4.42. The van der Waals surface area contributed by atoms with Gasteiger partial charge in [0, 0.05) is 45.0 Å². The fraction of sp³-hybridized carbons (Fsp3) is 0.429. The van der Waals surface area contributed by atoms with Crippen LogP contribution in [0.2, 0.25) is 0 Å². The molecule has 2 saturated heterocycles. The molecule has 0 spiro atoms. The van der Waals surface area contributed by atoms with Crippen LogP contribution in [0.3, 0.4) is 0 Å². The molecule has 2 aliphatic heterocycles. The highest BCUT2D eigenvalue weighted by Crippen LogP contribution is 2.18. The maximum absolute atomic E-state index is 13.1. The van der Waals surface area contributed by atoms with E-state index >= 15 is 0 Å². The van der Waals surface area contributed by atoms with E-state index in [1.807, 2.05) is 11.0 Å². The smallest absolute Gasteiger partial charge is 0.272 e. The molecule has 1 aromatic heterocycles. The minimum absolute atomic E-state index is 0.0515. The molecule has 28 heavy (non-hydrogen) atoms. The number of ether oxygens (including phenoxy) is 1. The molecule has 1 unspecified atom stereocenters. The van der Waals surface area contributed by atoms with Crippen molar-refractivity contribution in [1.82, 2.24) is 9.88 Å². The van der Waals surface area contributed by atoms with Crippen molar-refractivity contribution in [3.63, 3.8) is 0 Å². The molecule has 1 amide bonds. The first-order valence-electron chi connectivity index (χ1n) is 9.80. The van der Waals surface area contributed by atoms with Gasteiger partial charge in [-0.15, -0.1) is 0 Å². The lowest BCUT2D eigenvalue weighted by molar-refractivity contribution is 0.0741. The molecule has 148 valence electrons. The van der Waals surface area contributed by atoms with Crippen LogP contribution >= 0.6 is 0 Å². The monoisotopic (exact) mass is 384 g/mol. The summed E-state index contributed by atoms with van der Waals surface area (Å²) in [6.07, 6.45) is 4.17. The van der Waals surface area contributed by atoms with Gasteiger partial charge >= 0.3 is 0 Å². The second kappa shape index (κ2) is 8.56. The lowest BCUT2D eigenvalue weighted by atomic mass is 10.2. The number of piperazine rings is 1. The zero-order valence-corrected chi connectivity index (χ0v) is 15.8. The Balaban J connectivity index is 1.29. The quantitative estimate of drug-likeness (QED) is 0.859. The standard InChI is InChI=1S/C21H25FN4O2/c22-16-3-6-18(7-4-16)25-9-11-26(12-10-25)21(27)20-8-5-17(14-24-20)23-15-19-2-1-13-28-19/h3-8,14,19,23H,1-2,9-13,15H2. The Labute approximate surface area is 164 Å². The van der Waals surface area contributed by atoms with Crippen molar-refractivity contribution < 1.29 is 13.9 Å². The molecule has 1 N–H and O–H groups in total. The van der Waals surface area contributed by atoms with Gasteiger partial charge in [-0.1, -0.05) is 0 Å². The first kappa shape index (κ1) is 18.7. The molecule has 3 heterocycles. The summed E-state index contributed by atoms with van der Waals surface area (Å²) in [7, 11) is 0. The summed E-state index contributed by atoms with van der Waals surface area (Å²) < 4.78 is 18.7. The number of carbonyl (C=O) groups is 1. The van der Waals surface area contributed by atoms with Crippen molar-refractivity contribution in [3.05, 3.63) is 54.1 Å². The second-order valence-electron chi connectivity index (χ2n) is 7.20. The highest BCUT2D eigenvalue weighted by molar-refractivity contribution is 5.92. The number of halogens is 1. The zero-order chi connectivity index (χ0) is 19.3. The van der Waals surface area contributed by atoms with Crippen LogP contribution < -0.4 is 10.2 Å². The highest BCUT2D eigenvalue weighted by Gasteiger charge is 2.23. The van der Waals surface area contributed by atoms with E-state index < -0.39 is 0 Å². The van der Waals surface area contributed by atoms with Crippen molar-refractivity contribution in [2.75, 3.05) is 49.5 Å². The lowest BCUT2D eigenvalue weighted by Crippen LogP contribution is -2.49. The number of amides is 1. The molecule has 6 nitrogen and oxygen atoms in total. The van der Waals surface area contributed by atoms with E-state index in [9.17, 15) is 9.18 Å². The van der Waals surface area contributed by atoms with Gasteiger partial charge in [0.15, 0.2) is 0 Å². The highest BCUT2D eigenvalue weighted by atomic mass is 19.1. The Bertz CT molecular complexity index is 783. The van der Waals surface area contributed by atoms with Gasteiger partial charge in [-0.05, 0) is 49.2 Å². The molecule has 1 atom stereocenters.